The molecule has 0 aliphatic carbocycles. The minimum atomic E-state index is 0.628. The van der Waals surface area contributed by atoms with Gasteiger partial charge in [0.05, 0.1) is 18.2 Å². The second-order valence-electron chi connectivity index (χ2n) is 4.81. The Balaban J connectivity index is 2.16. The maximum absolute atomic E-state index is 5.05. The van der Waals surface area contributed by atoms with Gasteiger partial charge >= 0.3 is 0 Å². The molecular formula is C16H21N3OS. The first kappa shape index (κ1) is 15.8. The molecule has 21 heavy (non-hydrogen) atoms. The molecule has 0 saturated carbocycles. The lowest BCUT2D eigenvalue weighted by molar-refractivity contribution is 0.204. The van der Waals surface area contributed by atoms with E-state index in [0.717, 1.165) is 22.3 Å². The van der Waals surface area contributed by atoms with Gasteiger partial charge in [0.25, 0.3) is 0 Å². The first-order valence-electron chi connectivity index (χ1n) is 6.94. The molecular weight excluding hydrogens is 282 g/mol. The van der Waals surface area contributed by atoms with Crippen LogP contribution in [0.4, 0.5) is 0 Å². The fourth-order valence-electron chi connectivity index (χ4n) is 1.93. The molecule has 0 atom stereocenters. The van der Waals surface area contributed by atoms with Gasteiger partial charge in [0.15, 0.2) is 5.17 Å². The first-order chi connectivity index (χ1) is 10.2. The van der Waals surface area contributed by atoms with Gasteiger partial charge in [0, 0.05) is 19.9 Å². The van der Waals surface area contributed by atoms with Crippen molar-refractivity contribution in [3.63, 3.8) is 0 Å². The van der Waals surface area contributed by atoms with E-state index < -0.39 is 0 Å². The quantitative estimate of drug-likeness (QED) is 0.869. The zero-order valence-corrected chi connectivity index (χ0v) is 13.5. The van der Waals surface area contributed by atoms with Crippen LogP contribution in [0.1, 0.15) is 18.1 Å². The minimum absolute atomic E-state index is 0.628. The number of rotatable bonds is 4. The molecule has 0 unspecified atom stereocenters. The number of nitrogens with zero attached hydrogens (tertiary/aromatic N) is 2. The van der Waals surface area contributed by atoms with Crippen LogP contribution in [0, 0.1) is 6.92 Å². The van der Waals surface area contributed by atoms with Gasteiger partial charge in [-0.15, -0.1) is 0 Å². The van der Waals surface area contributed by atoms with Gasteiger partial charge in [-0.2, -0.15) is 0 Å². The largest absolute Gasteiger partial charge is 0.383 e. The second-order valence-corrected chi connectivity index (χ2v) is 6.00. The van der Waals surface area contributed by atoms with E-state index in [-0.39, 0.29) is 0 Å². The summed E-state index contributed by atoms with van der Waals surface area (Å²) in [4.78, 5) is 9.17. The number of methoxy groups -OCH3 is 1. The Kier molecular flexibility index (Phi) is 6.02. The SMILES string of the molecule is COCCNC1=NC/C(c2cccc(C)c2)=C\N=C(C)S1. The Morgan fingerprint density at radius 1 is 1.33 bits per heavy atom. The van der Waals surface area contributed by atoms with Gasteiger partial charge in [-0.05, 0) is 36.7 Å². The van der Waals surface area contributed by atoms with Crippen molar-refractivity contribution in [2.45, 2.75) is 13.8 Å². The fourth-order valence-corrected chi connectivity index (χ4v) is 2.62. The Labute approximate surface area is 130 Å². The van der Waals surface area contributed by atoms with E-state index in [2.05, 4.69) is 46.5 Å². The minimum Gasteiger partial charge on any atom is -0.383 e. The van der Waals surface area contributed by atoms with Crippen LogP contribution in [0.3, 0.4) is 0 Å². The third kappa shape index (κ3) is 5.02. The Hall–Kier alpha value is -1.59. The van der Waals surface area contributed by atoms with E-state index >= 15 is 0 Å². The Morgan fingerprint density at radius 3 is 2.95 bits per heavy atom. The Morgan fingerprint density at radius 2 is 2.19 bits per heavy atom. The van der Waals surface area contributed by atoms with E-state index in [1.807, 2.05) is 13.1 Å². The highest BCUT2D eigenvalue weighted by molar-refractivity contribution is 8.26. The van der Waals surface area contributed by atoms with Crippen molar-refractivity contribution in [2.24, 2.45) is 9.98 Å². The molecule has 0 amide bonds. The normalized spacial score (nSPS) is 18.0. The average molecular weight is 303 g/mol. The van der Waals surface area contributed by atoms with E-state index in [0.29, 0.717) is 13.2 Å². The summed E-state index contributed by atoms with van der Waals surface area (Å²) >= 11 is 1.56. The van der Waals surface area contributed by atoms with Crippen LogP contribution >= 0.6 is 11.8 Å². The van der Waals surface area contributed by atoms with E-state index in [1.165, 1.54) is 11.1 Å². The van der Waals surface area contributed by atoms with Gasteiger partial charge in [0.1, 0.15) is 0 Å². The highest BCUT2D eigenvalue weighted by atomic mass is 32.2. The van der Waals surface area contributed by atoms with Crippen LogP contribution in [-0.2, 0) is 4.74 Å². The number of ether oxygens (including phenoxy) is 1. The van der Waals surface area contributed by atoms with E-state index in [1.54, 1.807) is 18.9 Å². The van der Waals surface area contributed by atoms with Crippen LogP contribution < -0.4 is 5.32 Å². The van der Waals surface area contributed by atoms with Crippen molar-refractivity contribution in [3.8, 4) is 0 Å². The van der Waals surface area contributed by atoms with Gasteiger partial charge in [0.2, 0.25) is 0 Å². The second kappa shape index (κ2) is 8.00. The third-order valence-corrected chi connectivity index (χ3v) is 3.88. The predicted octanol–water partition coefficient (Wildman–Crippen LogP) is 3.09. The molecule has 0 fully saturated rings. The molecule has 5 heteroatoms. The summed E-state index contributed by atoms with van der Waals surface area (Å²) in [5.74, 6) is 0. The van der Waals surface area contributed by atoms with Crippen molar-refractivity contribution < 1.29 is 4.74 Å². The third-order valence-electron chi connectivity index (χ3n) is 3.01. The van der Waals surface area contributed by atoms with Gasteiger partial charge < -0.3 is 10.1 Å². The van der Waals surface area contributed by atoms with Crippen LogP contribution in [0.2, 0.25) is 0 Å². The standard InChI is InChI=1S/C16H21N3OS/c1-12-5-4-6-14(9-12)15-10-18-13(2)21-16(19-11-15)17-7-8-20-3/h4-6,9-10H,7-8,11H2,1-3H3,(H,17,19)/b15-10+,18-13?. The zero-order valence-electron chi connectivity index (χ0n) is 12.7. The molecule has 1 aromatic rings. The lowest BCUT2D eigenvalue weighted by atomic mass is 10.0. The zero-order chi connectivity index (χ0) is 15.1. The first-order valence-corrected chi connectivity index (χ1v) is 7.76. The van der Waals surface area contributed by atoms with Crippen molar-refractivity contribution in [1.29, 1.82) is 0 Å². The van der Waals surface area contributed by atoms with Crippen molar-refractivity contribution >= 4 is 27.5 Å². The van der Waals surface area contributed by atoms with Gasteiger partial charge in [-0.1, -0.05) is 29.8 Å². The monoisotopic (exact) mass is 303 g/mol. The van der Waals surface area contributed by atoms with E-state index in [9.17, 15) is 0 Å². The molecule has 112 valence electrons. The van der Waals surface area contributed by atoms with Crippen LogP contribution in [-0.4, -0.2) is 37.0 Å². The number of hydrogen-bond donors (Lipinski definition) is 1. The topological polar surface area (TPSA) is 46.0 Å². The molecule has 0 spiro atoms. The number of benzene rings is 1. The molecule has 1 heterocycles. The van der Waals surface area contributed by atoms with Crippen LogP contribution in [0.25, 0.3) is 5.57 Å². The summed E-state index contributed by atoms with van der Waals surface area (Å²) in [5.41, 5.74) is 3.55. The number of aryl methyl sites for hydroxylation is 1. The summed E-state index contributed by atoms with van der Waals surface area (Å²) < 4.78 is 5.05. The highest BCUT2D eigenvalue weighted by Gasteiger charge is 2.08. The number of thioether (sulfide) groups is 1. The molecule has 1 aliphatic heterocycles. The molecule has 1 aromatic carbocycles. The number of hydrogen-bond acceptors (Lipinski definition) is 5. The number of amidine groups is 1. The summed E-state index contributed by atoms with van der Waals surface area (Å²) in [7, 11) is 1.69. The fraction of sp³-hybridized carbons (Fsp3) is 0.375. The lowest BCUT2D eigenvalue weighted by Crippen LogP contribution is -2.26. The molecule has 0 radical (unpaired) electrons. The van der Waals surface area contributed by atoms with Gasteiger partial charge in [-0.25, -0.2) is 0 Å². The Bertz CT molecular complexity index is 579. The number of aliphatic imine (C=N–C) groups is 2. The van der Waals surface area contributed by atoms with E-state index in [4.69, 9.17) is 4.74 Å². The molecule has 0 aromatic heterocycles. The maximum Gasteiger partial charge on any atom is 0.163 e. The maximum atomic E-state index is 5.05. The molecule has 0 bridgehead atoms. The lowest BCUT2D eigenvalue weighted by Gasteiger charge is -2.13. The van der Waals surface area contributed by atoms with Crippen molar-refractivity contribution in [1.82, 2.24) is 5.32 Å². The smallest absolute Gasteiger partial charge is 0.163 e. The summed E-state index contributed by atoms with van der Waals surface area (Å²) in [6, 6.07) is 8.43. The van der Waals surface area contributed by atoms with Crippen LogP contribution in [0.15, 0.2) is 40.5 Å². The molecule has 1 aliphatic rings. The molecule has 2 rings (SSSR count). The summed E-state index contributed by atoms with van der Waals surface area (Å²) in [6.45, 7) is 6.13. The van der Waals surface area contributed by atoms with Crippen molar-refractivity contribution in [2.75, 3.05) is 26.8 Å². The average Bonchev–Trinajstić information content (AvgIpc) is 2.45. The predicted molar refractivity (Wildman–Crippen MR) is 92.0 cm³/mol. The summed E-state index contributed by atoms with van der Waals surface area (Å²) in [6.07, 6.45) is 1.92. The van der Waals surface area contributed by atoms with Crippen molar-refractivity contribution in [3.05, 3.63) is 41.6 Å². The summed E-state index contributed by atoms with van der Waals surface area (Å²) in [5, 5.41) is 5.15. The van der Waals surface area contributed by atoms with Crippen LogP contribution in [0.5, 0.6) is 0 Å². The number of nitrogens with one attached hydrogen (secondary N) is 1. The molecule has 1 N–H and O–H groups in total. The molecule has 4 nitrogen and oxygen atoms in total. The highest BCUT2D eigenvalue weighted by Crippen LogP contribution is 2.20. The molecule has 0 saturated heterocycles. The van der Waals surface area contributed by atoms with Gasteiger partial charge in [-0.3, -0.25) is 9.98 Å².